The molecule has 168 valence electrons. The molecule has 0 fully saturated rings. The van der Waals surface area contributed by atoms with Crippen molar-refractivity contribution < 1.29 is 19.0 Å². The topological polar surface area (TPSA) is 56.8 Å². The number of unbranched alkanes of at least 4 members (excludes halogenated alkanes) is 3. The van der Waals surface area contributed by atoms with E-state index in [1.807, 2.05) is 66.7 Å². The van der Waals surface area contributed by atoms with E-state index in [0.29, 0.717) is 36.8 Å². The first-order chi connectivity index (χ1) is 15.8. The van der Waals surface area contributed by atoms with Gasteiger partial charge in [0.2, 0.25) is 0 Å². The minimum absolute atomic E-state index is 0.224. The number of carbonyl (C=O) groups excluding carboxylic acids is 1. The summed E-state index contributed by atoms with van der Waals surface area (Å²) in [5, 5.41) is 2.92. The molecule has 0 aromatic heterocycles. The van der Waals surface area contributed by atoms with Crippen molar-refractivity contribution in [1.82, 2.24) is 0 Å². The van der Waals surface area contributed by atoms with E-state index in [-0.39, 0.29) is 5.91 Å². The van der Waals surface area contributed by atoms with Crippen molar-refractivity contribution in [2.24, 2.45) is 0 Å². The molecule has 0 bridgehead atoms. The lowest BCUT2D eigenvalue weighted by Crippen LogP contribution is -2.15. The molecule has 0 saturated heterocycles. The molecule has 0 aliphatic rings. The molecule has 1 amide bonds. The average molecular weight is 434 g/mol. The molecule has 1 N–H and O–H groups in total. The Labute approximate surface area is 190 Å². The van der Waals surface area contributed by atoms with Crippen molar-refractivity contribution in [2.75, 3.05) is 25.1 Å². The van der Waals surface area contributed by atoms with Crippen LogP contribution in [0.5, 0.6) is 17.2 Å². The zero-order chi connectivity index (χ0) is 22.4. The van der Waals surface area contributed by atoms with Crippen LogP contribution in [0.25, 0.3) is 0 Å². The fourth-order valence-corrected chi connectivity index (χ4v) is 3.16. The number of ether oxygens (including phenoxy) is 3. The molecular formula is C27H31NO4. The lowest BCUT2D eigenvalue weighted by molar-refractivity contribution is 0.102. The van der Waals surface area contributed by atoms with Gasteiger partial charge in [0.05, 0.1) is 12.2 Å². The maximum absolute atomic E-state index is 12.8. The number of nitrogens with one attached hydrogen (secondary N) is 1. The Morgan fingerprint density at radius 1 is 0.688 bits per heavy atom. The molecule has 32 heavy (non-hydrogen) atoms. The van der Waals surface area contributed by atoms with Gasteiger partial charge in [-0.05, 0) is 55.0 Å². The molecule has 5 heteroatoms. The Kier molecular flexibility index (Phi) is 9.46. The Bertz CT molecular complexity index is 941. The standard InChI is InChI=1S/C27H31NO4/c1-2-3-4-10-19-30-24-17-15-22(16-18-24)28-27(29)25-13-8-9-14-26(25)32-21-20-31-23-11-6-5-7-12-23/h5-9,11-18H,2-4,10,19-21H2,1H3,(H,28,29). The lowest BCUT2D eigenvalue weighted by atomic mass is 10.2. The van der Waals surface area contributed by atoms with E-state index >= 15 is 0 Å². The van der Waals surface area contributed by atoms with Gasteiger partial charge in [-0.15, -0.1) is 0 Å². The van der Waals surface area contributed by atoms with Gasteiger partial charge in [0.1, 0.15) is 30.5 Å². The second-order valence-corrected chi connectivity index (χ2v) is 7.39. The van der Waals surface area contributed by atoms with Crippen LogP contribution in [0.4, 0.5) is 5.69 Å². The van der Waals surface area contributed by atoms with Crippen LogP contribution in [0.15, 0.2) is 78.9 Å². The minimum atomic E-state index is -0.224. The predicted octanol–water partition coefficient (Wildman–Crippen LogP) is 6.36. The summed E-state index contributed by atoms with van der Waals surface area (Å²) in [6, 6.07) is 24.2. The molecule has 5 nitrogen and oxygen atoms in total. The first kappa shape index (κ1) is 23.2. The lowest BCUT2D eigenvalue weighted by Gasteiger charge is -2.13. The summed E-state index contributed by atoms with van der Waals surface area (Å²) in [5.74, 6) is 1.89. The first-order valence-electron chi connectivity index (χ1n) is 11.2. The summed E-state index contributed by atoms with van der Waals surface area (Å²) in [5.41, 5.74) is 1.18. The number of carbonyl (C=O) groups is 1. The molecule has 3 aromatic rings. The van der Waals surface area contributed by atoms with Crippen LogP contribution in [-0.4, -0.2) is 25.7 Å². The molecule has 0 heterocycles. The van der Waals surface area contributed by atoms with Gasteiger partial charge < -0.3 is 19.5 Å². The van der Waals surface area contributed by atoms with Crippen LogP contribution in [0.3, 0.4) is 0 Å². The largest absolute Gasteiger partial charge is 0.494 e. The number of anilines is 1. The van der Waals surface area contributed by atoms with E-state index in [2.05, 4.69) is 12.2 Å². The van der Waals surface area contributed by atoms with Gasteiger partial charge in [-0.25, -0.2) is 0 Å². The highest BCUT2D eigenvalue weighted by atomic mass is 16.5. The Hall–Kier alpha value is -3.47. The van der Waals surface area contributed by atoms with E-state index in [1.165, 1.54) is 19.3 Å². The third-order valence-corrected chi connectivity index (χ3v) is 4.86. The second kappa shape index (κ2) is 13.1. The van der Waals surface area contributed by atoms with Gasteiger partial charge in [0.25, 0.3) is 5.91 Å². The Balaban J connectivity index is 1.48. The maximum atomic E-state index is 12.8. The van der Waals surface area contributed by atoms with E-state index in [1.54, 1.807) is 12.1 Å². The van der Waals surface area contributed by atoms with Crippen molar-refractivity contribution in [3.05, 3.63) is 84.4 Å². The predicted molar refractivity (Wildman–Crippen MR) is 128 cm³/mol. The SMILES string of the molecule is CCCCCCOc1ccc(NC(=O)c2ccccc2OCCOc2ccccc2)cc1. The highest BCUT2D eigenvalue weighted by Gasteiger charge is 2.12. The Morgan fingerprint density at radius 3 is 2.12 bits per heavy atom. The molecule has 0 spiro atoms. The third kappa shape index (κ3) is 7.65. The zero-order valence-electron chi connectivity index (χ0n) is 18.6. The summed E-state index contributed by atoms with van der Waals surface area (Å²) in [6.45, 7) is 3.63. The van der Waals surface area contributed by atoms with Crippen LogP contribution >= 0.6 is 0 Å². The van der Waals surface area contributed by atoms with Gasteiger partial charge in [0.15, 0.2) is 0 Å². The van der Waals surface area contributed by atoms with Gasteiger partial charge >= 0.3 is 0 Å². The highest BCUT2D eigenvalue weighted by Crippen LogP contribution is 2.21. The fourth-order valence-electron chi connectivity index (χ4n) is 3.16. The van der Waals surface area contributed by atoms with Crippen molar-refractivity contribution in [2.45, 2.75) is 32.6 Å². The molecule has 3 rings (SSSR count). The third-order valence-electron chi connectivity index (χ3n) is 4.86. The summed E-state index contributed by atoms with van der Waals surface area (Å²) in [4.78, 5) is 12.8. The van der Waals surface area contributed by atoms with Crippen molar-refractivity contribution in [3.8, 4) is 17.2 Å². The summed E-state index contributed by atoms with van der Waals surface area (Å²) < 4.78 is 17.2. The zero-order valence-corrected chi connectivity index (χ0v) is 18.6. The fraction of sp³-hybridized carbons (Fsp3) is 0.296. The van der Waals surface area contributed by atoms with E-state index in [4.69, 9.17) is 14.2 Å². The average Bonchev–Trinajstić information content (AvgIpc) is 2.83. The van der Waals surface area contributed by atoms with Crippen LogP contribution in [0.2, 0.25) is 0 Å². The normalized spacial score (nSPS) is 10.4. The number of amides is 1. The van der Waals surface area contributed by atoms with Crippen molar-refractivity contribution in [3.63, 3.8) is 0 Å². The summed E-state index contributed by atoms with van der Waals surface area (Å²) >= 11 is 0. The first-order valence-corrected chi connectivity index (χ1v) is 11.2. The van der Waals surface area contributed by atoms with Gasteiger partial charge in [-0.3, -0.25) is 4.79 Å². The number of hydrogen-bond donors (Lipinski definition) is 1. The van der Waals surface area contributed by atoms with Crippen molar-refractivity contribution in [1.29, 1.82) is 0 Å². The van der Waals surface area contributed by atoms with Crippen LogP contribution in [0, 0.1) is 0 Å². The molecular weight excluding hydrogens is 402 g/mol. The maximum Gasteiger partial charge on any atom is 0.259 e. The van der Waals surface area contributed by atoms with Crippen LogP contribution in [-0.2, 0) is 0 Å². The second-order valence-electron chi connectivity index (χ2n) is 7.39. The number of rotatable bonds is 13. The van der Waals surface area contributed by atoms with Crippen molar-refractivity contribution >= 4 is 11.6 Å². The molecule has 0 aliphatic heterocycles. The number of benzene rings is 3. The van der Waals surface area contributed by atoms with E-state index in [0.717, 1.165) is 17.9 Å². The monoisotopic (exact) mass is 433 g/mol. The quantitative estimate of drug-likeness (QED) is 0.319. The van der Waals surface area contributed by atoms with Gasteiger partial charge in [-0.1, -0.05) is 56.5 Å². The molecule has 0 radical (unpaired) electrons. The molecule has 3 aromatic carbocycles. The number of hydrogen-bond acceptors (Lipinski definition) is 4. The van der Waals surface area contributed by atoms with Crippen LogP contribution < -0.4 is 19.5 Å². The smallest absolute Gasteiger partial charge is 0.259 e. The number of para-hydroxylation sites is 2. The molecule has 0 atom stereocenters. The summed E-state index contributed by atoms with van der Waals surface area (Å²) in [6.07, 6.45) is 4.69. The van der Waals surface area contributed by atoms with Crippen LogP contribution in [0.1, 0.15) is 43.0 Å². The molecule has 0 aliphatic carbocycles. The molecule has 0 saturated carbocycles. The van der Waals surface area contributed by atoms with E-state index in [9.17, 15) is 4.79 Å². The van der Waals surface area contributed by atoms with Gasteiger partial charge in [0, 0.05) is 5.69 Å². The van der Waals surface area contributed by atoms with Gasteiger partial charge in [-0.2, -0.15) is 0 Å². The minimum Gasteiger partial charge on any atom is -0.494 e. The summed E-state index contributed by atoms with van der Waals surface area (Å²) in [7, 11) is 0. The molecule has 0 unspecified atom stereocenters. The highest BCUT2D eigenvalue weighted by molar-refractivity contribution is 6.06. The Morgan fingerprint density at radius 2 is 1.34 bits per heavy atom. The van der Waals surface area contributed by atoms with E-state index < -0.39 is 0 Å².